The van der Waals surface area contributed by atoms with Crippen molar-refractivity contribution in [2.75, 3.05) is 6.54 Å². The van der Waals surface area contributed by atoms with Crippen molar-refractivity contribution >= 4 is 27.7 Å². The number of carbonyl (C=O) groups is 2. The first-order valence-electron chi connectivity index (χ1n) is 7.59. The van der Waals surface area contributed by atoms with Gasteiger partial charge >= 0.3 is 5.97 Å². The summed E-state index contributed by atoms with van der Waals surface area (Å²) in [6.07, 6.45) is -1.24. The Morgan fingerprint density at radius 3 is 2.42 bits per heavy atom. The maximum Gasteiger partial charge on any atom is 0.328 e. The molecule has 1 heterocycles. The molecule has 2 aromatic rings. The van der Waals surface area contributed by atoms with E-state index >= 15 is 0 Å². The van der Waals surface area contributed by atoms with Crippen LogP contribution in [-0.2, 0) is 24.3 Å². The van der Waals surface area contributed by atoms with Gasteiger partial charge in [-0.1, -0.05) is 42.5 Å². The normalized spacial score (nSPS) is 17.2. The van der Waals surface area contributed by atoms with E-state index in [4.69, 9.17) is 10.5 Å². The molecule has 1 aliphatic rings. The molecule has 0 saturated heterocycles. The minimum absolute atomic E-state index is 0.0490. The number of rotatable bonds is 5. The lowest BCUT2D eigenvalue weighted by atomic mass is 10.1. The summed E-state index contributed by atoms with van der Waals surface area (Å²) in [5.41, 5.74) is 6.10. The Kier molecular flexibility index (Phi) is 4.72. The van der Waals surface area contributed by atoms with Crippen molar-refractivity contribution in [3.8, 4) is 0 Å². The van der Waals surface area contributed by atoms with Crippen LogP contribution in [0.3, 0.4) is 0 Å². The summed E-state index contributed by atoms with van der Waals surface area (Å²) in [5, 5.41) is 0. The van der Waals surface area contributed by atoms with E-state index in [2.05, 4.69) is 9.71 Å². The van der Waals surface area contributed by atoms with E-state index in [9.17, 15) is 18.0 Å². The minimum Gasteiger partial charge on any atom is -0.446 e. The van der Waals surface area contributed by atoms with Gasteiger partial charge in [0, 0.05) is 11.1 Å². The number of hydrogen-bond donors (Lipinski definition) is 2. The fourth-order valence-electron chi connectivity index (χ4n) is 2.48. The number of sulfonamides is 1. The molecule has 0 saturated carbocycles. The predicted molar refractivity (Wildman–Crippen MR) is 92.6 cm³/mol. The molecule has 0 aromatic heterocycles. The quantitative estimate of drug-likeness (QED) is 0.738. The fourth-order valence-corrected chi connectivity index (χ4v) is 3.73. The molecule has 134 valence electrons. The Balaban J connectivity index is 1.75. The third kappa shape index (κ3) is 3.57. The molecule has 2 aromatic carbocycles. The molecule has 0 bridgehead atoms. The van der Waals surface area contributed by atoms with Crippen LogP contribution < -0.4 is 10.5 Å². The van der Waals surface area contributed by atoms with Gasteiger partial charge in [0.25, 0.3) is 15.9 Å². The molecule has 0 spiro atoms. The number of carbonyl (C=O) groups excluding carboxylic acids is 2. The molecule has 0 fully saturated rings. The first-order chi connectivity index (χ1) is 12.4. The molecule has 3 N–H and O–H groups in total. The van der Waals surface area contributed by atoms with Crippen LogP contribution in [0.2, 0.25) is 0 Å². The van der Waals surface area contributed by atoms with Gasteiger partial charge in [0.2, 0.25) is 6.10 Å². The molecule has 0 radical (unpaired) electrons. The molecule has 1 aliphatic heterocycles. The van der Waals surface area contributed by atoms with E-state index in [1.165, 1.54) is 6.07 Å². The lowest BCUT2D eigenvalue weighted by Gasteiger charge is -2.14. The Labute approximate surface area is 149 Å². The van der Waals surface area contributed by atoms with Gasteiger partial charge < -0.3 is 10.5 Å². The molecular formula is C17H15N3O5S. The maximum absolute atomic E-state index is 12.0. The van der Waals surface area contributed by atoms with E-state index in [0.29, 0.717) is 11.1 Å². The summed E-state index contributed by atoms with van der Waals surface area (Å²) < 4.78 is 31.4. The third-order valence-corrected chi connectivity index (χ3v) is 5.04. The Morgan fingerprint density at radius 1 is 1.08 bits per heavy atom. The molecule has 1 unspecified atom stereocenters. The van der Waals surface area contributed by atoms with Crippen molar-refractivity contribution in [3.63, 3.8) is 0 Å². The highest BCUT2D eigenvalue weighted by Crippen LogP contribution is 2.22. The molecule has 26 heavy (non-hydrogen) atoms. The zero-order chi connectivity index (χ0) is 18.7. The Hall–Kier alpha value is -3.20. The monoisotopic (exact) mass is 373 g/mol. The van der Waals surface area contributed by atoms with Crippen molar-refractivity contribution in [2.24, 2.45) is 10.7 Å². The van der Waals surface area contributed by atoms with E-state index in [-0.39, 0.29) is 10.7 Å². The molecule has 3 rings (SSSR count). The number of aliphatic imine (C=N–C) groups is 1. The van der Waals surface area contributed by atoms with Crippen LogP contribution in [0.25, 0.3) is 0 Å². The lowest BCUT2D eigenvalue weighted by Crippen LogP contribution is -2.28. The van der Waals surface area contributed by atoms with Crippen molar-refractivity contribution in [3.05, 3.63) is 65.7 Å². The van der Waals surface area contributed by atoms with Crippen LogP contribution in [0.4, 0.5) is 0 Å². The molecule has 8 nitrogen and oxygen atoms in total. The van der Waals surface area contributed by atoms with Gasteiger partial charge in [-0.25, -0.2) is 8.42 Å². The van der Waals surface area contributed by atoms with Crippen LogP contribution in [0, 0.1) is 0 Å². The second kappa shape index (κ2) is 6.96. The number of nitrogens with one attached hydrogen (secondary N) is 1. The smallest absolute Gasteiger partial charge is 0.328 e. The summed E-state index contributed by atoms with van der Waals surface area (Å²) in [5.74, 6) is -1.58. The highest BCUT2D eigenvalue weighted by atomic mass is 32.2. The molecule has 1 atom stereocenters. The van der Waals surface area contributed by atoms with Gasteiger partial charge in [0.15, 0.2) is 0 Å². The maximum atomic E-state index is 12.0. The number of nitrogens with two attached hydrogens (primary N) is 1. The average Bonchev–Trinajstić information content (AvgIpc) is 2.89. The van der Waals surface area contributed by atoms with Gasteiger partial charge in [-0.3, -0.25) is 19.3 Å². The topological polar surface area (TPSA) is 128 Å². The highest BCUT2D eigenvalue weighted by molar-refractivity contribution is 7.90. The number of amidine groups is 1. The van der Waals surface area contributed by atoms with Crippen molar-refractivity contribution in [1.82, 2.24) is 4.72 Å². The first kappa shape index (κ1) is 17.6. The largest absolute Gasteiger partial charge is 0.446 e. The van der Waals surface area contributed by atoms with Crippen molar-refractivity contribution in [1.29, 1.82) is 0 Å². The minimum atomic E-state index is -3.69. The van der Waals surface area contributed by atoms with Crippen LogP contribution in [0.5, 0.6) is 0 Å². The van der Waals surface area contributed by atoms with Crippen LogP contribution in [0.15, 0.2) is 64.5 Å². The van der Waals surface area contributed by atoms with Gasteiger partial charge in [0.1, 0.15) is 12.4 Å². The number of ether oxygens (including phenoxy) is 1. The van der Waals surface area contributed by atoms with Crippen molar-refractivity contribution in [2.45, 2.75) is 11.0 Å². The summed E-state index contributed by atoms with van der Waals surface area (Å²) in [6, 6.07) is 14.6. The fraction of sp³-hybridized carbons (Fsp3) is 0.118. The summed E-state index contributed by atoms with van der Waals surface area (Å²) in [6.45, 7) is -0.469. The van der Waals surface area contributed by atoms with Crippen LogP contribution in [-0.4, -0.2) is 32.7 Å². The number of fused-ring (bicyclic) bond motifs is 1. The average molecular weight is 373 g/mol. The zero-order valence-corrected chi connectivity index (χ0v) is 14.3. The third-order valence-electron chi connectivity index (χ3n) is 3.64. The SMILES string of the molecule is NC(=O)C(OC(=O)CN=C1NS(=O)(=O)c2ccccc21)c1ccccc1. The number of nitrogens with zero attached hydrogens (tertiary/aromatic N) is 1. The van der Waals surface area contributed by atoms with E-state index in [1.807, 2.05) is 0 Å². The Morgan fingerprint density at radius 2 is 1.73 bits per heavy atom. The second-order valence-electron chi connectivity index (χ2n) is 5.45. The predicted octanol–water partition coefficient (Wildman–Crippen LogP) is 0.495. The molecule has 1 amide bonds. The summed E-state index contributed by atoms with van der Waals surface area (Å²) in [7, 11) is -3.69. The number of primary amides is 1. The Bertz CT molecular complexity index is 986. The first-order valence-corrected chi connectivity index (χ1v) is 9.07. The van der Waals surface area contributed by atoms with E-state index < -0.39 is 34.5 Å². The van der Waals surface area contributed by atoms with Crippen molar-refractivity contribution < 1.29 is 22.7 Å². The van der Waals surface area contributed by atoms with Crippen LogP contribution >= 0.6 is 0 Å². The number of esters is 1. The second-order valence-corrected chi connectivity index (χ2v) is 7.10. The van der Waals surface area contributed by atoms with Gasteiger partial charge in [-0.05, 0) is 12.1 Å². The number of benzene rings is 2. The van der Waals surface area contributed by atoms with Gasteiger partial charge in [0.05, 0.1) is 4.90 Å². The van der Waals surface area contributed by atoms with Gasteiger partial charge in [-0.2, -0.15) is 0 Å². The number of hydrogen-bond acceptors (Lipinski definition) is 6. The van der Waals surface area contributed by atoms with E-state index in [0.717, 1.165) is 0 Å². The zero-order valence-electron chi connectivity index (χ0n) is 13.5. The molecule has 0 aliphatic carbocycles. The molecule has 9 heteroatoms. The summed E-state index contributed by atoms with van der Waals surface area (Å²) >= 11 is 0. The van der Waals surface area contributed by atoms with Crippen LogP contribution in [0.1, 0.15) is 17.2 Å². The summed E-state index contributed by atoms with van der Waals surface area (Å²) in [4.78, 5) is 27.7. The molecular weight excluding hydrogens is 358 g/mol. The highest BCUT2D eigenvalue weighted by Gasteiger charge is 2.30. The number of amides is 1. The van der Waals surface area contributed by atoms with E-state index in [1.54, 1.807) is 48.5 Å². The lowest BCUT2D eigenvalue weighted by molar-refractivity contribution is -0.153. The van der Waals surface area contributed by atoms with Gasteiger partial charge in [-0.15, -0.1) is 0 Å². The standard InChI is InChI=1S/C17H15N3O5S/c18-16(22)15(11-6-2-1-3-7-11)25-14(21)10-19-17-12-8-4-5-9-13(12)26(23,24)20-17/h1-9,15H,10H2,(H2,18,22)(H,19,20).